The quantitative estimate of drug-likeness (QED) is 0.760. The van der Waals surface area contributed by atoms with Crippen LogP contribution in [0.15, 0.2) is 15.2 Å². The summed E-state index contributed by atoms with van der Waals surface area (Å²) >= 11 is 3.21. The van der Waals surface area contributed by atoms with Crippen molar-refractivity contribution >= 4 is 22.2 Å². The van der Waals surface area contributed by atoms with Crippen molar-refractivity contribution in [2.24, 2.45) is 5.92 Å². The van der Waals surface area contributed by atoms with Gasteiger partial charge in [0.2, 0.25) is 0 Å². The van der Waals surface area contributed by atoms with E-state index in [4.69, 9.17) is 4.42 Å². The van der Waals surface area contributed by atoms with Crippen molar-refractivity contribution in [2.45, 2.75) is 26.7 Å². The molecule has 1 aromatic heterocycles. The first-order valence-electron chi connectivity index (χ1n) is 4.37. The van der Waals surface area contributed by atoms with E-state index in [1.54, 1.807) is 6.07 Å². The number of furan rings is 1. The molecule has 0 saturated carbocycles. The fourth-order valence-electron chi connectivity index (χ4n) is 1.12. The van der Waals surface area contributed by atoms with Crippen molar-refractivity contribution in [3.8, 4) is 0 Å². The zero-order chi connectivity index (χ0) is 9.84. The van der Waals surface area contributed by atoms with Crippen LogP contribution >= 0.6 is 15.9 Å². The van der Waals surface area contributed by atoms with Crippen molar-refractivity contribution in [1.29, 1.82) is 0 Å². The Kier molecular flexibility index (Phi) is 3.72. The van der Waals surface area contributed by atoms with Crippen molar-refractivity contribution in [3.05, 3.63) is 22.1 Å². The van der Waals surface area contributed by atoms with E-state index >= 15 is 0 Å². The Labute approximate surface area is 86.4 Å². The third-order valence-electron chi connectivity index (χ3n) is 1.89. The zero-order valence-electron chi connectivity index (χ0n) is 7.84. The van der Waals surface area contributed by atoms with Gasteiger partial charge in [0.05, 0.1) is 5.56 Å². The number of hydrogen-bond acceptors (Lipinski definition) is 2. The Morgan fingerprint density at radius 3 is 2.85 bits per heavy atom. The molecule has 3 heteroatoms. The Bertz CT molecular complexity index is 289. The van der Waals surface area contributed by atoms with Gasteiger partial charge >= 0.3 is 0 Å². The Morgan fingerprint density at radius 1 is 1.62 bits per heavy atom. The first-order chi connectivity index (χ1) is 6.13. The van der Waals surface area contributed by atoms with Crippen LogP contribution in [0.1, 0.15) is 36.4 Å². The summed E-state index contributed by atoms with van der Waals surface area (Å²) in [6.45, 7) is 4.30. The van der Waals surface area contributed by atoms with Gasteiger partial charge in [0.25, 0.3) is 0 Å². The monoisotopic (exact) mass is 244 g/mol. The minimum Gasteiger partial charge on any atom is -0.454 e. The highest BCUT2D eigenvalue weighted by molar-refractivity contribution is 9.10. The Hall–Kier alpha value is -0.570. The molecule has 0 saturated heterocycles. The molecule has 0 N–H and O–H groups in total. The van der Waals surface area contributed by atoms with Crippen LogP contribution in [0, 0.1) is 5.92 Å². The molecule has 0 spiro atoms. The first kappa shape index (κ1) is 10.5. The lowest BCUT2D eigenvalue weighted by Crippen LogP contribution is -1.93. The van der Waals surface area contributed by atoms with E-state index in [1.807, 2.05) is 0 Å². The molecule has 1 aromatic rings. The van der Waals surface area contributed by atoms with Gasteiger partial charge in [0.1, 0.15) is 5.76 Å². The third kappa shape index (κ3) is 2.99. The van der Waals surface area contributed by atoms with Gasteiger partial charge in [-0.05, 0) is 28.3 Å². The summed E-state index contributed by atoms with van der Waals surface area (Å²) < 4.78 is 5.97. The number of hydrogen-bond donors (Lipinski definition) is 0. The van der Waals surface area contributed by atoms with Crippen LogP contribution in [-0.4, -0.2) is 6.29 Å². The molecule has 0 bridgehead atoms. The largest absolute Gasteiger partial charge is 0.454 e. The van der Waals surface area contributed by atoms with Gasteiger partial charge in [0.15, 0.2) is 11.0 Å². The summed E-state index contributed by atoms with van der Waals surface area (Å²) in [5.41, 5.74) is 0.660. The van der Waals surface area contributed by atoms with Gasteiger partial charge in [0, 0.05) is 12.5 Å². The minimum absolute atomic E-state index is 0.628. The van der Waals surface area contributed by atoms with Crippen molar-refractivity contribution in [3.63, 3.8) is 0 Å². The molecule has 1 rings (SSSR count). The van der Waals surface area contributed by atoms with Crippen LogP contribution in [0.25, 0.3) is 0 Å². The van der Waals surface area contributed by atoms with E-state index in [-0.39, 0.29) is 0 Å². The predicted molar refractivity (Wildman–Crippen MR) is 55.0 cm³/mol. The van der Waals surface area contributed by atoms with Crippen LogP contribution in [0.4, 0.5) is 0 Å². The minimum atomic E-state index is 0.628. The van der Waals surface area contributed by atoms with E-state index in [0.29, 0.717) is 16.2 Å². The molecule has 0 radical (unpaired) electrons. The number of aldehydes is 1. The zero-order valence-corrected chi connectivity index (χ0v) is 9.43. The second kappa shape index (κ2) is 4.61. The SMILES string of the molecule is CC(C)CCc1oc(Br)cc1C=O. The van der Waals surface area contributed by atoms with Crippen LogP contribution < -0.4 is 0 Å². The van der Waals surface area contributed by atoms with E-state index in [1.165, 1.54) is 0 Å². The molecule has 0 aromatic carbocycles. The van der Waals surface area contributed by atoms with Crippen molar-refractivity contribution in [1.82, 2.24) is 0 Å². The molecular weight excluding hydrogens is 232 g/mol. The number of carbonyl (C=O) groups is 1. The number of carbonyl (C=O) groups excluding carboxylic acids is 1. The summed E-state index contributed by atoms with van der Waals surface area (Å²) in [5.74, 6) is 1.42. The molecular formula is C10H13BrO2. The van der Waals surface area contributed by atoms with Gasteiger partial charge in [-0.1, -0.05) is 13.8 Å². The molecule has 0 aliphatic rings. The highest BCUT2D eigenvalue weighted by Gasteiger charge is 2.09. The Morgan fingerprint density at radius 2 is 2.31 bits per heavy atom. The van der Waals surface area contributed by atoms with Crippen LogP contribution in [0.2, 0.25) is 0 Å². The van der Waals surface area contributed by atoms with Gasteiger partial charge in [-0.2, -0.15) is 0 Å². The van der Waals surface area contributed by atoms with Crippen molar-refractivity contribution < 1.29 is 9.21 Å². The number of halogens is 1. The first-order valence-corrected chi connectivity index (χ1v) is 5.16. The number of aryl methyl sites for hydroxylation is 1. The topological polar surface area (TPSA) is 30.2 Å². The van der Waals surface area contributed by atoms with Crippen molar-refractivity contribution in [2.75, 3.05) is 0 Å². The molecule has 2 nitrogen and oxygen atoms in total. The van der Waals surface area contributed by atoms with Gasteiger partial charge in [-0.25, -0.2) is 0 Å². The number of rotatable bonds is 4. The van der Waals surface area contributed by atoms with Crippen LogP contribution in [-0.2, 0) is 6.42 Å². The van der Waals surface area contributed by atoms with Gasteiger partial charge in [-0.15, -0.1) is 0 Å². The molecule has 0 amide bonds. The smallest absolute Gasteiger partial charge is 0.170 e. The van der Waals surface area contributed by atoms with Gasteiger partial charge < -0.3 is 4.42 Å². The van der Waals surface area contributed by atoms with E-state index in [2.05, 4.69) is 29.8 Å². The average molecular weight is 245 g/mol. The molecule has 0 fully saturated rings. The van der Waals surface area contributed by atoms with Crippen LogP contribution in [0.3, 0.4) is 0 Å². The molecule has 0 aliphatic carbocycles. The van der Waals surface area contributed by atoms with Crippen LogP contribution in [0.5, 0.6) is 0 Å². The molecule has 0 aliphatic heterocycles. The lowest BCUT2D eigenvalue weighted by atomic mass is 10.1. The van der Waals surface area contributed by atoms with E-state index in [9.17, 15) is 4.79 Å². The summed E-state index contributed by atoms with van der Waals surface area (Å²) in [7, 11) is 0. The summed E-state index contributed by atoms with van der Waals surface area (Å²) in [6.07, 6.45) is 2.71. The lowest BCUT2D eigenvalue weighted by molar-refractivity contribution is 0.112. The highest BCUT2D eigenvalue weighted by atomic mass is 79.9. The summed E-state index contributed by atoms with van der Waals surface area (Å²) in [5, 5.41) is 0. The predicted octanol–water partition coefficient (Wildman–Crippen LogP) is 3.44. The molecule has 1 heterocycles. The fourth-order valence-corrected chi connectivity index (χ4v) is 1.57. The fraction of sp³-hybridized carbons (Fsp3) is 0.500. The Balaban J connectivity index is 2.69. The lowest BCUT2D eigenvalue weighted by Gasteiger charge is -2.01. The van der Waals surface area contributed by atoms with E-state index in [0.717, 1.165) is 24.9 Å². The molecule has 0 atom stereocenters. The standard InChI is InChI=1S/C10H13BrO2/c1-7(2)3-4-9-8(6-12)5-10(11)13-9/h5-7H,3-4H2,1-2H3. The van der Waals surface area contributed by atoms with Gasteiger partial charge in [-0.3, -0.25) is 4.79 Å². The molecule has 72 valence electrons. The average Bonchev–Trinajstić information content (AvgIpc) is 2.42. The highest BCUT2D eigenvalue weighted by Crippen LogP contribution is 2.21. The maximum atomic E-state index is 10.6. The second-order valence-corrected chi connectivity index (χ2v) is 4.26. The third-order valence-corrected chi connectivity index (χ3v) is 2.28. The molecule has 0 unspecified atom stereocenters. The normalized spacial score (nSPS) is 10.8. The molecule has 13 heavy (non-hydrogen) atoms. The second-order valence-electron chi connectivity index (χ2n) is 3.48. The summed E-state index contributed by atoms with van der Waals surface area (Å²) in [4.78, 5) is 10.6. The maximum Gasteiger partial charge on any atom is 0.170 e. The van der Waals surface area contributed by atoms with E-state index < -0.39 is 0 Å². The maximum absolute atomic E-state index is 10.6. The summed E-state index contributed by atoms with van der Waals surface area (Å²) in [6, 6.07) is 1.71.